The van der Waals surface area contributed by atoms with Gasteiger partial charge in [-0.2, -0.15) is 4.98 Å². The number of benzene rings is 1. The van der Waals surface area contributed by atoms with E-state index in [0.29, 0.717) is 36.3 Å². The van der Waals surface area contributed by atoms with Crippen LogP contribution < -0.4 is 10.5 Å². The molecule has 0 bridgehead atoms. The fourth-order valence-corrected chi connectivity index (χ4v) is 1.81. The molecule has 0 amide bonds. The van der Waals surface area contributed by atoms with Crippen molar-refractivity contribution in [3.8, 4) is 17.3 Å². The summed E-state index contributed by atoms with van der Waals surface area (Å²) in [6, 6.07) is 14.9. The molecule has 3 aromatic rings. The predicted octanol–water partition coefficient (Wildman–Crippen LogP) is 2.34. The predicted molar refractivity (Wildman–Crippen MR) is 77.6 cm³/mol. The molecule has 6 nitrogen and oxygen atoms in total. The van der Waals surface area contributed by atoms with E-state index in [0.717, 1.165) is 5.75 Å². The number of rotatable bonds is 5. The van der Waals surface area contributed by atoms with Crippen LogP contribution in [0.1, 0.15) is 5.82 Å². The second-order valence-corrected chi connectivity index (χ2v) is 4.37. The molecule has 2 N–H and O–H groups in total. The quantitative estimate of drug-likeness (QED) is 0.772. The number of nitrogens with zero attached hydrogens (tertiary/aromatic N) is 3. The number of hydrogen-bond donors (Lipinski definition) is 1. The first kappa shape index (κ1) is 13.1. The standard InChI is InChI=1S/C15H14N4O2/c16-13-8-4-7-12(17-13)15-18-14(19-21-15)9-10-20-11-5-2-1-3-6-11/h1-8H,9-10H2,(H2,16,17). The number of aromatic nitrogens is 3. The molecule has 1 aromatic carbocycles. The highest BCUT2D eigenvalue weighted by atomic mass is 16.5. The van der Waals surface area contributed by atoms with Crippen LogP contribution in [0.3, 0.4) is 0 Å². The van der Waals surface area contributed by atoms with Crippen LogP contribution in [-0.4, -0.2) is 21.7 Å². The topological polar surface area (TPSA) is 87.1 Å². The number of anilines is 1. The first-order chi connectivity index (χ1) is 10.3. The van der Waals surface area contributed by atoms with Crippen molar-refractivity contribution in [3.05, 3.63) is 54.4 Å². The monoisotopic (exact) mass is 282 g/mol. The van der Waals surface area contributed by atoms with Crippen LogP contribution in [0.15, 0.2) is 53.1 Å². The maximum absolute atomic E-state index is 5.63. The third kappa shape index (κ3) is 3.36. The molecule has 0 radical (unpaired) electrons. The van der Waals surface area contributed by atoms with Crippen molar-refractivity contribution in [1.82, 2.24) is 15.1 Å². The summed E-state index contributed by atoms with van der Waals surface area (Å²) in [7, 11) is 0. The van der Waals surface area contributed by atoms with E-state index in [2.05, 4.69) is 15.1 Å². The second kappa shape index (κ2) is 6.04. The lowest BCUT2D eigenvalue weighted by Gasteiger charge is -2.02. The first-order valence-corrected chi connectivity index (χ1v) is 6.54. The van der Waals surface area contributed by atoms with Crippen molar-refractivity contribution in [3.63, 3.8) is 0 Å². The van der Waals surface area contributed by atoms with Crippen LogP contribution in [0.4, 0.5) is 5.82 Å². The third-order valence-corrected chi connectivity index (χ3v) is 2.80. The molecule has 21 heavy (non-hydrogen) atoms. The number of nitrogen functional groups attached to an aromatic ring is 1. The van der Waals surface area contributed by atoms with Crippen LogP contribution >= 0.6 is 0 Å². The van der Waals surface area contributed by atoms with Crippen molar-refractivity contribution in [2.45, 2.75) is 6.42 Å². The Morgan fingerprint density at radius 2 is 1.86 bits per heavy atom. The van der Waals surface area contributed by atoms with Gasteiger partial charge in [0.15, 0.2) is 5.82 Å². The summed E-state index contributed by atoms with van der Waals surface area (Å²) in [6.07, 6.45) is 0.556. The fourth-order valence-electron chi connectivity index (χ4n) is 1.81. The Hall–Kier alpha value is -2.89. The van der Waals surface area contributed by atoms with Gasteiger partial charge < -0.3 is 15.0 Å². The number of para-hydroxylation sites is 1. The van der Waals surface area contributed by atoms with E-state index in [9.17, 15) is 0 Å². The van der Waals surface area contributed by atoms with E-state index in [1.807, 2.05) is 30.3 Å². The van der Waals surface area contributed by atoms with Crippen LogP contribution in [0.25, 0.3) is 11.6 Å². The highest BCUT2D eigenvalue weighted by molar-refractivity contribution is 5.49. The molecule has 0 atom stereocenters. The Labute approximate surface area is 121 Å². The Kier molecular flexibility index (Phi) is 3.77. The molecule has 0 aliphatic rings. The largest absolute Gasteiger partial charge is 0.493 e. The first-order valence-electron chi connectivity index (χ1n) is 6.54. The lowest BCUT2D eigenvalue weighted by molar-refractivity contribution is 0.315. The maximum atomic E-state index is 5.63. The number of nitrogens with two attached hydrogens (primary N) is 1. The molecule has 0 saturated heterocycles. The van der Waals surface area contributed by atoms with Gasteiger partial charge in [0.1, 0.15) is 17.3 Å². The van der Waals surface area contributed by atoms with E-state index in [-0.39, 0.29) is 0 Å². The molecule has 3 rings (SSSR count). The van der Waals surface area contributed by atoms with E-state index >= 15 is 0 Å². The minimum Gasteiger partial charge on any atom is -0.493 e. The van der Waals surface area contributed by atoms with Crippen LogP contribution in [-0.2, 0) is 6.42 Å². The van der Waals surface area contributed by atoms with E-state index in [1.54, 1.807) is 18.2 Å². The minimum atomic E-state index is 0.358. The molecule has 0 fully saturated rings. The SMILES string of the molecule is Nc1cccc(-c2nc(CCOc3ccccc3)no2)n1. The van der Waals surface area contributed by atoms with E-state index < -0.39 is 0 Å². The molecule has 0 unspecified atom stereocenters. The van der Waals surface area contributed by atoms with Gasteiger partial charge in [-0.05, 0) is 24.3 Å². The summed E-state index contributed by atoms with van der Waals surface area (Å²) in [6.45, 7) is 0.480. The molecule has 0 spiro atoms. The zero-order valence-electron chi connectivity index (χ0n) is 11.3. The lowest BCUT2D eigenvalue weighted by atomic mass is 10.3. The summed E-state index contributed by atoms with van der Waals surface area (Å²) in [5, 5.41) is 3.91. The Bertz CT molecular complexity index is 712. The number of ether oxygens (including phenoxy) is 1. The maximum Gasteiger partial charge on any atom is 0.276 e. The average Bonchev–Trinajstić information content (AvgIpc) is 2.97. The Balaban J connectivity index is 1.60. The molecular weight excluding hydrogens is 268 g/mol. The normalized spacial score (nSPS) is 10.5. The third-order valence-electron chi connectivity index (χ3n) is 2.80. The minimum absolute atomic E-state index is 0.358. The zero-order valence-corrected chi connectivity index (χ0v) is 11.3. The molecular formula is C15H14N4O2. The Morgan fingerprint density at radius 3 is 2.67 bits per heavy atom. The number of hydrogen-bond acceptors (Lipinski definition) is 6. The highest BCUT2D eigenvalue weighted by Gasteiger charge is 2.10. The molecule has 2 aromatic heterocycles. The number of pyridine rings is 1. The average molecular weight is 282 g/mol. The summed E-state index contributed by atoms with van der Waals surface area (Å²) in [5.41, 5.74) is 6.19. The molecule has 6 heteroatoms. The molecule has 2 heterocycles. The lowest BCUT2D eigenvalue weighted by Crippen LogP contribution is -2.02. The molecule has 0 aliphatic heterocycles. The van der Waals surface area contributed by atoms with Gasteiger partial charge >= 0.3 is 0 Å². The van der Waals surface area contributed by atoms with E-state index in [1.165, 1.54) is 0 Å². The molecule has 0 saturated carbocycles. The van der Waals surface area contributed by atoms with Crippen molar-refractivity contribution < 1.29 is 9.26 Å². The smallest absolute Gasteiger partial charge is 0.276 e. The van der Waals surface area contributed by atoms with Crippen LogP contribution in [0.2, 0.25) is 0 Å². The van der Waals surface area contributed by atoms with E-state index in [4.69, 9.17) is 15.0 Å². The van der Waals surface area contributed by atoms with Crippen molar-refractivity contribution >= 4 is 5.82 Å². The van der Waals surface area contributed by atoms with Crippen molar-refractivity contribution in [2.75, 3.05) is 12.3 Å². The molecule has 106 valence electrons. The molecule has 0 aliphatic carbocycles. The summed E-state index contributed by atoms with van der Waals surface area (Å²) in [5.74, 6) is 2.17. The Morgan fingerprint density at radius 1 is 1.00 bits per heavy atom. The van der Waals surface area contributed by atoms with Crippen LogP contribution in [0, 0.1) is 0 Å². The van der Waals surface area contributed by atoms with Crippen LogP contribution in [0.5, 0.6) is 5.75 Å². The van der Waals surface area contributed by atoms with Gasteiger partial charge in [0, 0.05) is 6.42 Å². The summed E-state index contributed by atoms with van der Waals surface area (Å²) >= 11 is 0. The van der Waals surface area contributed by atoms with Crippen molar-refractivity contribution in [2.24, 2.45) is 0 Å². The summed E-state index contributed by atoms with van der Waals surface area (Å²) in [4.78, 5) is 8.41. The second-order valence-electron chi connectivity index (χ2n) is 4.37. The van der Waals surface area contributed by atoms with Gasteiger partial charge in [-0.15, -0.1) is 0 Å². The van der Waals surface area contributed by atoms with Gasteiger partial charge in [0.2, 0.25) is 0 Å². The van der Waals surface area contributed by atoms with Gasteiger partial charge in [-0.1, -0.05) is 29.4 Å². The van der Waals surface area contributed by atoms with Gasteiger partial charge in [-0.3, -0.25) is 0 Å². The van der Waals surface area contributed by atoms with Crippen molar-refractivity contribution in [1.29, 1.82) is 0 Å². The van der Waals surface area contributed by atoms with Gasteiger partial charge in [-0.25, -0.2) is 4.98 Å². The summed E-state index contributed by atoms with van der Waals surface area (Å²) < 4.78 is 10.8. The fraction of sp³-hybridized carbons (Fsp3) is 0.133. The highest BCUT2D eigenvalue weighted by Crippen LogP contribution is 2.16. The van der Waals surface area contributed by atoms with Gasteiger partial charge in [0.25, 0.3) is 5.89 Å². The zero-order chi connectivity index (χ0) is 14.5. The van der Waals surface area contributed by atoms with Gasteiger partial charge in [0.05, 0.1) is 6.61 Å².